The van der Waals surface area contributed by atoms with E-state index in [-0.39, 0.29) is 5.70 Å². The third kappa shape index (κ3) is 4.48. The van der Waals surface area contributed by atoms with Crippen LogP contribution in [0.1, 0.15) is 5.56 Å². The van der Waals surface area contributed by atoms with Crippen LogP contribution in [0.15, 0.2) is 30.0 Å². The molecule has 1 aromatic rings. The Morgan fingerprint density at radius 1 is 1.21 bits per heavy atom. The van der Waals surface area contributed by atoms with Crippen LogP contribution in [-0.2, 0) is 23.8 Å². The minimum Gasteiger partial charge on any atom is -0.466 e. The number of rotatable bonds is 5. The number of morpholine rings is 1. The van der Waals surface area contributed by atoms with Crippen molar-refractivity contribution in [2.75, 3.05) is 50.7 Å². The van der Waals surface area contributed by atoms with E-state index in [2.05, 4.69) is 19.7 Å². The number of hydrogen-bond acceptors (Lipinski definition) is 7. The minimum atomic E-state index is -0.643. The van der Waals surface area contributed by atoms with Gasteiger partial charge in [0.15, 0.2) is 0 Å². The Morgan fingerprint density at radius 3 is 2.50 bits per heavy atom. The van der Waals surface area contributed by atoms with Crippen molar-refractivity contribution in [3.8, 4) is 0 Å². The predicted molar refractivity (Wildman–Crippen MR) is 89.9 cm³/mol. The van der Waals surface area contributed by atoms with E-state index in [1.807, 2.05) is 25.1 Å². The molecule has 0 amide bonds. The van der Waals surface area contributed by atoms with Gasteiger partial charge < -0.3 is 24.4 Å². The minimum absolute atomic E-state index is 0.0165. The standard InChI is InChI=1S/C17H22N2O5/c1-12-10-13(4-5-15(12)19-6-8-24-9-7-19)18-14(17(21)23-3)11-16(20)22-2/h4-5,10-11,18H,6-9H2,1-3H3/b14-11+. The molecule has 7 nitrogen and oxygen atoms in total. The highest BCUT2D eigenvalue weighted by atomic mass is 16.5. The topological polar surface area (TPSA) is 77.1 Å². The molecular formula is C17H22N2O5. The van der Waals surface area contributed by atoms with Gasteiger partial charge in [0.1, 0.15) is 5.70 Å². The SMILES string of the molecule is COC(=O)/C=C(/Nc1ccc(N2CCOCC2)c(C)c1)C(=O)OC. The molecule has 1 N–H and O–H groups in total. The normalized spacial score (nSPS) is 15.0. The molecule has 130 valence electrons. The molecule has 0 saturated carbocycles. The largest absolute Gasteiger partial charge is 0.466 e. The van der Waals surface area contributed by atoms with Crippen molar-refractivity contribution in [1.29, 1.82) is 0 Å². The number of hydrogen-bond donors (Lipinski definition) is 1. The maximum absolute atomic E-state index is 11.8. The van der Waals surface area contributed by atoms with Gasteiger partial charge in [-0.1, -0.05) is 0 Å². The van der Waals surface area contributed by atoms with Gasteiger partial charge in [-0.15, -0.1) is 0 Å². The van der Waals surface area contributed by atoms with Gasteiger partial charge in [0, 0.05) is 24.5 Å². The van der Waals surface area contributed by atoms with Crippen molar-refractivity contribution in [3.05, 3.63) is 35.5 Å². The number of nitrogens with one attached hydrogen (secondary N) is 1. The monoisotopic (exact) mass is 334 g/mol. The van der Waals surface area contributed by atoms with Gasteiger partial charge in [-0.05, 0) is 30.7 Å². The maximum Gasteiger partial charge on any atom is 0.354 e. The number of esters is 2. The summed E-state index contributed by atoms with van der Waals surface area (Å²) in [5, 5.41) is 2.91. The van der Waals surface area contributed by atoms with Gasteiger partial charge in [0.2, 0.25) is 0 Å². The Morgan fingerprint density at radius 2 is 1.92 bits per heavy atom. The molecule has 1 aromatic carbocycles. The van der Waals surface area contributed by atoms with Gasteiger partial charge in [0.05, 0.1) is 33.5 Å². The van der Waals surface area contributed by atoms with Crippen molar-refractivity contribution < 1.29 is 23.8 Å². The fourth-order valence-electron chi connectivity index (χ4n) is 2.48. The van der Waals surface area contributed by atoms with Crippen molar-refractivity contribution >= 4 is 23.3 Å². The zero-order valence-electron chi connectivity index (χ0n) is 14.1. The number of benzene rings is 1. The van der Waals surface area contributed by atoms with E-state index in [0.29, 0.717) is 18.9 Å². The molecule has 24 heavy (non-hydrogen) atoms. The molecule has 2 rings (SSSR count). The van der Waals surface area contributed by atoms with Crippen LogP contribution < -0.4 is 10.2 Å². The Balaban J connectivity index is 2.18. The lowest BCUT2D eigenvalue weighted by atomic mass is 10.1. The molecule has 1 aliphatic heterocycles. The summed E-state index contributed by atoms with van der Waals surface area (Å²) in [7, 11) is 2.50. The molecule has 0 spiro atoms. The Labute approximate surface area is 141 Å². The van der Waals surface area contributed by atoms with Gasteiger partial charge in [0.25, 0.3) is 0 Å². The lowest BCUT2D eigenvalue weighted by Gasteiger charge is -2.30. The van der Waals surface area contributed by atoms with E-state index in [4.69, 9.17) is 4.74 Å². The second-order valence-electron chi connectivity index (χ2n) is 5.30. The Bertz CT molecular complexity index is 636. The Kier molecular flexibility index (Phi) is 6.20. The summed E-state index contributed by atoms with van der Waals surface area (Å²) >= 11 is 0. The third-order valence-electron chi connectivity index (χ3n) is 3.70. The number of aryl methyl sites for hydroxylation is 1. The number of methoxy groups -OCH3 is 2. The van der Waals surface area contributed by atoms with Gasteiger partial charge in [-0.3, -0.25) is 0 Å². The van der Waals surface area contributed by atoms with E-state index in [1.54, 1.807) is 0 Å². The lowest BCUT2D eigenvalue weighted by molar-refractivity contribution is -0.138. The summed E-state index contributed by atoms with van der Waals surface area (Å²) in [6.07, 6.45) is 1.07. The number of carbonyl (C=O) groups is 2. The summed E-state index contributed by atoms with van der Waals surface area (Å²) in [6, 6.07) is 5.75. The molecule has 0 aromatic heterocycles. The van der Waals surface area contributed by atoms with Crippen LogP contribution in [0.4, 0.5) is 11.4 Å². The predicted octanol–water partition coefficient (Wildman–Crippen LogP) is 1.47. The molecule has 0 bridgehead atoms. The van der Waals surface area contributed by atoms with Crippen molar-refractivity contribution in [2.45, 2.75) is 6.92 Å². The van der Waals surface area contributed by atoms with E-state index < -0.39 is 11.9 Å². The quantitative estimate of drug-likeness (QED) is 0.645. The smallest absolute Gasteiger partial charge is 0.354 e. The highest BCUT2D eigenvalue weighted by molar-refractivity contribution is 5.98. The molecule has 7 heteroatoms. The Hall–Kier alpha value is -2.54. The molecule has 1 aliphatic rings. The lowest BCUT2D eigenvalue weighted by Crippen LogP contribution is -2.36. The van der Waals surface area contributed by atoms with Gasteiger partial charge in [-0.2, -0.15) is 0 Å². The molecular weight excluding hydrogens is 312 g/mol. The molecule has 0 radical (unpaired) electrons. The van der Waals surface area contributed by atoms with Crippen LogP contribution in [-0.4, -0.2) is 52.5 Å². The van der Waals surface area contributed by atoms with Crippen LogP contribution in [0.5, 0.6) is 0 Å². The number of anilines is 2. The summed E-state index contributed by atoms with van der Waals surface area (Å²) in [4.78, 5) is 25.4. The summed E-state index contributed by atoms with van der Waals surface area (Å²) in [6.45, 7) is 5.13. The van der Waals surface area contributed by atoms with Crippen molar-refractivity contribution in [2.24, 2.45) is 0 Å². The first-order valence-corrected chi connectivity index (χ1v) is 7.63. The highest BCUT2D eigenvalue weighted by Crippen LogP contribution is 2.25. The van der Waals surface area contributed by atoms with Crippen molar-refractivity contribution in [3.63, 3.8) is 0 Å². The second-order valence-corrected chi connectivity index (χ2v) is 5.30. The van der Waals surface area contributed by atoms with E-state index in [0.717, 1.165) is 30.4 Å². The van der Waals surface area contributed by atoms with Crippen molar-refractivity contribution in [1.82, 2.24) is 0 Å². The molecule has 0 atom stereocenters. The highest BCUT2D eigenvalue weighted by Gasteiger charge is 2.16. The van der Waals surface area contributed by atoms with E-state index in [9.17, 15) is 9.59 Å². The van der Waals surface area contributed by atoms with Crippen LogP contribution in [0.25, 0.3) is 0 Å². The fraction of sp³-hybridized carbons (Fsp3) is 0.412. The zero-order valence-corrected chi connectivity index (χ0v) is 14.1. The third-order valence-corrected chi connectivity index (χ3v) is 3.70. The van der Waals surface area contributed by atoms with Crippen LogP contribution in [0.2, 0.25) is 0 Å². The first kappa shape index (κ1) is 17.8. The van der Waals surface area contributed by atoms with Crippen LogP contribution in [0.3, 0.4) is 0 Å². The molecule has 1 fully saturated rings. The molecule has 0 aliphatic carbocycles. The van der Waals surface area contributed by atoms with Gasteiger partial charge >= 0.3 is 11.9 Å². The first-order valence-electron chi connectivity index (χ1n) is 7.63. The maximum atomic E-state index is 11.8. The second kappa shape index (κ2) is 8.35. The summed E-state index contributed by atoms with van der Waals surface area (Å²) < 4.78 is 14.6. The number of nitrogens with zero attached hydrogens (tertiary/aromatic N) is 1. The average Bonchev–Trinajstić information content (AvgIpc) is 2.61. The molecule has 1 heterocycles. The first-order chi connectivity index (χ1) is 11.5. The van der Waals surface area contributed by atoms with Gasteiger partial charge in [-0.25, -0.2) is 9.59 Å². The number of carbonyl (C=O) groups excluding carboxylic acids is 2. The fourth-order valence-corrected chi connectivity index (χ4v) is 2.48. The summed E-state index contributed by atoms with van der Waals surface area (Å²) in [5.41, 5.74) is 2.89. The number of ether oxygens (including phenoxy) is 3. The van der Waals surface area contributed by atoms with Crippen LogP contribution in [0, 0.1) is 6.92 Å². The molecule has 1 saturated heterocycles. The zero-order chi connectivity index (χ0) is 17.5. The average molecular weight is 334 g/mol. The summed E-state index contributed by atoms with van der Waals surface area (Å²) in [5.74, 6) is -1.28. The van der Waals surface area contributed by atoms with Crippen LogP contribution >= 0.6 is 0 Å². The van der Waals surface area contributed by atoms with E-state index >= 15 is 0 Å². The van der Waals surface area contributed by atoms with E-state index in [1.165, 1.54) is 14.2 Å². The molecule has 0 unspecified atom stereocenters.